The van der Waals surface area contributed by atoms with Gasteiger partial charge in [0.2, 0.25) is 0 Å². The molecule has 2 heterocycles. The quantitative estimate of drug-likeness (QED) is 0.769. The molecule has 0 aliphatic carbocycles. The molecule has 0 unspecified atom stereocenters. The zero-order chi connectivity index (χ0) is 13.5. The SMILES string of the molecule is CCCNCc1ccc(CN(C)C2CCOCC2)o1. The van der Waals surface area contributed by atoms with E-state index >= 15 is 0 Å². The first-order valence-corrected chi connectivity index (χ1v) is 7.36. The molecule has 1 saturated heterocycles. The zero-order valence-electron chi connectivity index (χ0n) is 12.2. The predicted octanol–water partition coefficient (Wildman–Crippen LogP) is 2.39. The maximum Gasteiger partial charge on any atom is 0.118 e. The van der Waals surface area contributed by atoms with Crippen LogP contribution in [0.5, 0.6) is 0 Å². The van der Waals surface area contributed by atoms with Crippen molar-refractivity contribution in [1.82, 2.24) is 10.2 Å². The Kier molecular flexibility index (Phi) is 5.89. The van der Waals surface area contributed by atoms with Crippen molar-refractivity contribution < 1.29 is 9.15 Å². The van der Waals surface area contributed by atoms with Crippen molar-refractivity contribution in [2.45, 2.75) is 45.3 Å². The lowest BCUT2D eigenvalue weighted by Gasteiger charge is -2.30. The third-order valence-corrected chi connectivity index (χ3v) is 3.66. The molecular formula is C15H26N2O2. The highest BCUT2D eigenvalue weighted by Gasteiger charge is 2.19. The Hall–Kier alpha value is -0.840. The lowest BCUT2D eigenvalue weighted by atomic mass is 10.1. The Morgan fingerprint density at radius 3 is 2.74 bits per heavy atom. The molecule has 1 aliphatic heterocycles. The van der Waals surface area contributed by atoms with Gasteiger partial charge in [0, 0.05) is 19.3 Å². The fourth-order valence-corrected chi connectivity index (χ4v) is 2.49. The van der Waals surface area contributed by atoms with Crippen molar-refractivity contribution >= 4 is 0 Å². The molecule has 1 fully saturated rings. The summed E-state index contributed by atoms with van der Waals surface area (Å²) in [7, 11) is 2.17. The molecule has 0 radical (unpaired) electrons. The molecule has 0 bridgehead atoms. The van der Waals surface area contributed by atoms with Crippen LogP contribution in [-0.4, -0.2) is 37.7 Å². The van der Waals surface area contributed by atoms with Crippen molar-refractivity contribution in [3.63, 3.8) is 0 Å². The van der Waals surface area contributed by atoms with Gasteiger partial charge in [0.1, 0.15) is 11.5 Å². The monoisotopic (exact) mass is 266 g/mol. The van der Waals surface area contributed by atoms with E-state index in [0.717, 1.165) is 63.6 Å². The highest BCUT2D eigenvalue weighted by atomic mass is 16.5. The van der Waals surface area contributed by atoms with E-state index in [1.54, 1.807) is 0 Å². The van der Waals surface area contributed by atoms with Crippen LogP contribution >= 0.6 is 0 Å². The van der Waals surface area contributed by atoms with Gasteiger partial charge in [0.25, 0.3) is 0 Å². The van der Waals surface area contributed by atoms with Crippen LogP contribution in [0.2, 0.25) is 0 Å². The number of nitrogens with zero attached hydrogens (tertiary/aromatic N) is 1. The van der Waals surface area contributed by atoms with E-state index in [9.17, 15) is 0 Å². The molecule has 1 aromatic rings. The average Bonchev–Trinajstić information content (AvgIpc) is 2.88. The Labute approximate surface area is 116 Å². The highest BCUT2D eigenvalue weighted by molar-refractivity contribution is 5.07. The van der Waals surface area contributed by atoms with Gasteiger partial charge < -0.3 is 14.5 Å². The van der Waals surface area contributed by atoms with Crippen molar-refractivity contribution in [1.29, 1.82) is 0 Å². The first-order chi connectivity index (χ1) is 9.29. The number of furan rings is 1. The number of rotatable bonds is 7. The Balaban J connectivity index is 1.78. The van der Waals surface area contributed by atoms with Crippen LogP contribution in [0.25, 0.3) is 0 Å². The standard InChI is InChI=1S/C15H26N2O2/c1-3-8-16-11-14-4-5-15(19-14)12-17(2)13-6-9-18-10-7-13/h4-5,13,16H,3,6-12H2,1-2H3. The smallest absolute Gasteiger partial charge is 0.118 e. The van der Waals surface area contributed by atoms with E-state index in [2.05, 4.69) is 36.3 Å². The van der Waals surface area contributed by atoms with Crippen LogP contribution in [0.3, 0.4) is 0 Å². The molecule has 1 N–H and O–H groups in total. The number of hydrogen-bond acceptors (Lipinski definition) is 4. The van der Waals surface area contributed by atoms with Crippen LogP contribution < -0.4 is 5.32 Å². The molecule has 0 saturated carbocycles. The molecule has 0 atom stereocenters. The predicted molar refractivity (Wildman–Crippen MR) is 76.0 cm³/mol. The van der Waals surface area contributed by atoms with Gasteiger partial charge in [-0.2, -0.15) is 0 Å². The van der Waals surface area contributed by atoms with E-state index in [-0.39, 0.29) is 0 Å². The summed E-state index contributed by atoms with van der Waals surface area (Å²) in [5.74, 6) is 2.09. The number of ether oxygens (including phenoxy) is 1. The molecule has 0 aromatic carbocycles. The summed E-state index contributed by atoms with van der Waals surface area (Å²) in [6.45, 7) is 6.70. The van der Waals surface area contributed by atoms with Crippen LogP contribution in [0.1, 0.15) is 37.7 Å². The van der Waals surface area contributed by atoms with Crippen molar-refractivity contribution in [3.05, 3.63) is 23.7 Å². The largest absolute Gasteiger partial charge is 0.463 e. The Morgan fingerprint density at radius 1 is 1.26 bits per heavy atom. The van der Waals surface area contributed by atoms with E-state index in [1.807, 2.05) is 0 Å². The Bertz CT molecular complexity index is 359. The van der Waals surface area contributed by atoms with Crippen molar-refractivity contribution in [2.75, 3.05) is 26.8 Å². The molecule has 0 spiro atoms. The first-order valence-electron chi connectivity index (χ1n) is 7.36. The van der Waals surface area contributed by atoms with Gasteiger partial charge in [-0.3, -0.25) is 4.90 Å². The normalized spacial score (nSPS) is 17.2. The summed E-state index contributed by atoms with van der Waals surface area (Å²) >= 11 is 0. The highest BCUT2D eigenvalue weighted by Crippen LogP contribution is 2.17. The van der Waals surface area contributed by atoms with Gasteiger partial charge in [-0.1, -0.05) is 6.92 Å². The minimum atomic E-state index is 0.625. The maximum atomic E-state index is 5.86. The van der Waals surface area contributed by atoms with E-state index in [1.165, 1.54) is 0 Å². The van der Waals surface area contributed by atoms with Gasteiger partial charge in [-0.15, -0.1) is 0 Å². The molecule has 108 valence electrons. The van der Waals surface area contributed by atoms with E-state index < -0.39 is 0 Å². The van der Waals surface area contributed by atoms with E-state index in [0.29, 0.717) is 6.04 Å². The average molecular weight is 266 g/mol. The third-order valence-electron chi connectivity index (χ3n) is 3.66. The molecule has 4 heteroatoms. The lowest BCUT2D eigenvalue weighted by molar-refractivity contribution is 0.0386. The van der Waals surface area contributed by atoms with Gasteiger partial charge in [0.15, 0.2) is 0 Å². The minimum absolute atomic E-state index is 0.625. The lowest BCUT2D eigenvalue weighted by Crippen LogP contribution is -2.36. The van der Waals surface area contributed by atoms with E-state index in [4.69, 9.17) is 9.15 Å². The van der Waals surface area contributed by atoms with Crippen molar-refractivity contribution in [3.8, 4) is 0 Å². The summed E-state index contributed by atoms with van der Waals surface area (Å²) < 4.78 is 11.3. The molecule has 2 rings (SSSR count). The topological polar surface area (TPSA) is 37.6 Å². The summed E-state index contributed by atoms with van der Waals surface area (Å²) in [4.78, 5) is 2.38. The fourth-order valence-electron chi connectivity index (χ4n) is 2.49. The van der Waals surface area contributed by atoms with Gasteiger partial charge in [-0.05, 0) is 45.0 Å². The molecular weight excluding hydrogens is 240 g/mol. The maximum absolute atomic E-state index is 5.86. The van der Waals surface area contributed by atoms with Crippen LogP contribution in [-0.2, 0) is 17.8 Å². The first kappa shape index (κ1) is 14.6. The molecule has 19 heavy (non-hydrogen) atoms. The molecule has 1 aliphatic rings. The summed E-state index contributed by atoms with van der Waals surface area (Å²) in [6.07, 6.45) is 3.41. The van der Waals surface area contributed by atoms with Gasteiger partial charge in [-0.25, -0.2) is 0 Å². The summed E-state index contributed by atoms with van der Waals surface area (Å²) in [5, 5.41) is 3.36. The third kappa shape index (κ3) is 4.64. The second-order valence-corrected chi connectivity index (χ2v) is 5.30. The van der Waals surface area contributed by atoms with Crippen LogP contribution in [0.15, 0.2) is 16.5 Å². The van der Waals surface area contributed by atoms with Gasteiger partial charge >= 0.3 is 0 Å². The minimum Gasteiger partial charge on any atom is -0.463 e. The zero-order valence-corrected chi connectivity index (χ0v) is 12.2. The molecule has 0 amide bonds. The molecule has 4 nitrogen and oxygen atoms in total. The summed E-state index contributed by atoms with van der Waals surface area (Å²) in [5.41, 5.74) is 0. The van der Waals surface area contributed by atoms with Crippen molar-refractivity contribution in [2.24, 2.45) is 0 Å². The van der Waals surface area contributed by atoms with Gasteiger partial charge in [0.05, 0.1) is 13.1 Å². The van der Waals surface area contributed by atoms with Crippen LogP contribution in [0.4, 0.5) is 0 Å². The number of nitrogens with one attached hydrogen (secondary N) is 1. The second kappa shape index (κ2) is 7.68. The second-order valence-electron chi connectivity index (χ2n) is 5.30. The van der Waals surface area contributed by atoms with Crippen LogP contribution in [0, 0.1) is 0 Å². The number of hydrogen-bond donors (Lipinski definition) is 1. The fraction of sp³-hybridized carbons (Fsp3) is 0.733. The summed E-state index contributed by atoms with van der Waals surface area (Å²) in [6, 6.07) is 4.80. The molecule has 1 aromatic heterocycles. The Morgan fingerprint density at radius 2 is 2.00 bits per heavy atom.